The van der Waals surface area contributed by atoms with Crippen molar-refractivity contribution in [2.45, 2.75) is 58.9 Å². The molecule has 0 atom stereocenters. The highest BCUT2D eigenvalue weighted by molar-refractivity contribution is 5.31. The van der Waals surface area contributed by atoms with Crippen LogP contribution < -0.4 is 5.73 Å². The molecule has 1 aromatic carbocycles. The number of rotatable bonds is 1. The first-order valence-corrected chi connectivity index (χ1v) is 7.39. The Labute approximate surface area is 120 Å². The normalized spacial score (nSPS) is 27.6. The number of halogens is 2. The third kappa shape index (κ3) is 2.73. The summed E-state index contributed by atoms with van der Waals surface area (Å²) in [4.78, 5) is 0. The Bertz CT molecular complexity index is 494. The second-order valence-corrected chi connectivity index (χ2v) is 7.35. The molecule has 0 amide bonds. The molecule has 0 unspecified atom stereocenters. The minimum atomic E-state index is -0.762. The van der Waals surface area contributed by atoms with Crippen LogP contribution in [0, 0.1) is 29.9 Å². The number of hydrogen-bond acceptors (Lipinski definition) is 1. The van der Waals surface area contributed by atoms with Crippen molar-refractivity contribution >= 4 is 0 Å². The molecule has 1 nitrogen and oxygen atoms in total. The fourth-order valence-electron chi connectivity index (χ4n) is 3.30. The molecular weight excluding hydrogens is 256 g/mol. The highest BCUT2D eigenvalue weighted by atomic mass is 19.2. The van der Waals surface area contributed by atoms with Gasteiger partial charge in [0.15, 0.2) is 11.6 Å². The molecule has 0 heterocycles. The van der Waals surface area contributed by atoms with Gasteiger partial charge in [0, 0.05) is 11.1 Å². The van der Waals surface area contributed by atoms with Crippen molar-refractivity contribution in [3.63, 3.8) is 0 Å². The maximum absolute atomic E-state index is 14.2. The average Bonchev–Trinajstić information content (AvgIpc) is 2.35. The van der Waals surface area contributed by atoms with Gasteiger partial charge in [0.2, 0.25) is 0 Å². The second-order valence-electron chi connectivity index (χ2n) is 7.35. The fraction of sp³-hybridized carbons (Fsp3) is 0.647. The summed E-state index contributed by atoms with van der Waals surface area (Å²) >= 11 is 0. The summed E-state index contributed by atoms with van der Waals surface area (Å²) in [6, 6.07) is 3.28. The van der Waals surface area contributed by atoms with E-state index in [9.17, 15) is 8.78 Å². The van der Waals surface area contributed by atoms with Gasteiger partial charge in [-0.15, -0.1) is 0 Å². The number of aryl methyl sites for hydroxylation is 1. The summed E-state index contributed by atoms with van der Waals surface area (Å²) in [5, 5.41) is 0. The van der Waals surface area contributed by atoms with E-state index in [4.69, 9.17) is 5.73 Å². The third-order valence-electron chi connectivity index (χ3n) is 4.91. The van der Waals surface area contributed by atoms with Crippen LogP contribution in [0.15, 0.2) is 12.1 Å². The predicted molar refractivity (Wildman–Crippen MR) is 78.4 cm³/mol. The van der Waals surface area contributed by atoms with Crippen molar-refractivity contribution in [3.05, 3.63) is 34.9 Å². The summed E-state index contributed by atoms with van der Waals surface area (Å²) in [7, 11) is 0. The molecule has 2 N–H and O–H groups in total. The first-order valence-electron chi connectivity index (χ1n) is 7.39. The van der Waals surface area contributed by atoms with Crippen LogP contribution in [0.4, 0.5) is 8.78 Å². The van der Waals surface area contributed by atoms with Gasteiger partial charge in [0.05, 0.1) is 0 Å². The SMILES string of the molecule is Cc1ccc(C2(N)CCC(C(C)(C)C)CC2)c(F)c1F. The Morgan fingerprint density at radius 2 is 1.65 bits per heavy atom. The van der Waals surface area contributed by atoms with Gasteiger partial charge in [0.25, 0.3) is 0 Å². The molecule has 0 aromatic heterocycles. The smallest absolute Gasteiger partial charge is 0.164 e. The average molecular weight is 281 g/mol. The van der Waals surface area contributed by atoms with E-state index < -0.39 is 17.2 Å². The molecule has 3 heteroatoms. The molecule has 1 aliphatic rings. The maximum Gasteiger partial charge on any atom is 0.164 e. The van der Waals surface area contributed by atoms with Gasteiger partial charge in [-0.3, -0.25) is 0 Å². The Kier molecular flexibility index (Phi) is 3.94. The number of benzene rings is 1. The predicted octanol–water partition coefficient (Wildman–Crippen LogP) is 4.66. The molecule has 20 heavy (non-hydrogen) atoms. The van der Waals surface area contributed by atoms with Gasteiger partial charge in [-0.2, -0.15) is 0 Å². The van der Waals surface area contributed by atoms with Crippen molar-refractivity contribution in [2.75, 3.05) is 0 Å². The molecular formula is C17H25F2N. The minimum Gasteiger partial charge on any atom is -0.321 e. The molecule has 1 fully saturated rings. The first kappa shape index (κ1) is 15.4. The molecule has 1 saturated carbocycles. The van der Waals surface area contributed by atoms with Crippen molar-refractivity contribution in [3.8, 4) is 0 Å². The molecule has 0 spiro atoms. The van der Waals surface area contributed by atoms with Crippen LogP contribution in [0.5, 0.6) is 0 Å². The monoisotopic (exact) mass is 281 g/mol. The summed E-state index contributed by atoms with van der Waals surface area (Å²) < 4.78 is 27.9. The number of nitrogens with two attached hydrogens (primary N) is 1. The minimum absolute atomic E-state index is 0.248. The number of hydrogen-bond donors (Lipinski definition) is 1. The van der Waals surface area contributed by atoms with Crippen molar-refractivity contribution in [2.24, 2.45) is 17.1 Å². The molecule has 0 radical (unpaired) electrons. The topological polar surface area (TPSA) is 26.0 Å². The van der Waals surface area contributed by atoms with Gasteiger partial charge in [-0.1, -0.05) is 32.9 Å². The van der Waals surface area contributed by atoms with Gasteiger partial charge in [0.1, 0.15) is 0 Å². The van der Waals surface area contributed by atoms with Gasteiger partial charge < -0.3 is 5.73 Å². The van der Waals surface area contributed by atoms with E-state index in [1.807, 2.05) is 0 Å². The van der Waals surface area contributed by atoms with E-state index >= 15 is 0 Å². The second kappa shape index (κ2) is 5.10. The molecule has 0 bridgehead atoms. The highest BCUT2D eigenvalue weighted by Gasteiger charge is 2.39. The standard InChI is InChI=1S/C17H25F2N/c1-11-5-6-13(15(19)14(11)18)17(20)9-7-12(8-10-17)16(2,3)4/h5-6,12H,7-10,20H2,1-4H3. The summed E-state index contributed by atoms with van der Waals surface area (Å²) in [6.07, 6.45) is 3.37. The highest BCUT2D eigenvalue weighted by Crippen LogP contribution is 2.45. The van der Waals surface area contributed by atoms with Gasteiger partial charge >= 0.3 is 0 Å². The zero-order valence-corrected chi connectivity index (χ0v) is 12.9. The van der Waals surface area contributed by atoms with Crippen molar-refractivity contribution in [1.82, 2.24) is 0 Å². The molecule has 0 saturated heterocycles. The summed E-state index contributed by atoms with van der Waals surface area (Å²) in [6.45, 7) is 8.26. The fourth-order valence-corrected chi connectivity index (χ4v) is 3.30. The van der Waals surface area contributed by atoms with Crippen LogP contribution in [0.3, 0.4) is 0 Å². The molecule has 1 aromatic rings. The zero-order valence-electron chi connectivity index (χ0n) is 12.9. The van der Waals surface area contributed by atoms with Crippen LogP contribution in [0.1, 0.15) is 57.6 Å². The Hall–Kier alpha value is -0.960. The van der Waals surface area contributed by atoms with E-state index in [-0.39, 0.29) is 5.41 Å². The van der Waals surface area contributed by atoms with E-state index in [0.717, 1.165) is 12.8 Å². The molecule has 1 aliphatic carbocycles. The van der Waals surface area contributed by atoms with Gasteiger partial charge in [-0.25, -0.2) is 8.78 Å². The summed E-state index contributed by atoms with van der Waals surface area (Å²) in [5.74, 6) is -0.926. The van der Waals surface area contributed by atoms with E-state index in [1.54, 1.807) is 19.1 Å². The van der Waals surface area contributed by atoms with Gasteiger partial charge in [-0.05, 0) is 49.5 Å². The zero-order chi connectivity index (χ0) is 15.1. The largest absolute Gasteiger partial charge is 0.321 e. The van der Waals surface area contributed by atoms with Crippen molar-refractivity contribution in [1.29, 1.82) is 0 Å². The summed E-state index contributed by atoms with van der Waals surface area (Å²) in [5.41, 5.74) is 6.60. The van der Waals surface area contributed by atoms with Crippen LogP contribution in [0.2, 0.25) is 0 Å². The lowest BCUT2D eigenvalue weighted by Crippen LogP contribution is -2.43. The Morgan fingerprint density at radius 1 is 1.10 bits per heavy atom. The lowest BCUT2D eigenvalue weighted by molar-refractivity contribution is 0.132. The van der Waals surface area contributed by atoms with Crippen LogP contribution in [-0.4, -0.2) is 0 Å². The Balaban J connectivity index is 2.25. The lowest BCUT2D eigenvalue weighted by Gasteiger charge is -2.42. The van der Waals surface area contributed by atoms with Crippen LogP contribution in [-0.2, 0) is 5.54 Å². The molecule has 112 valence electrons. The third-order valence-corrected chi connectivity index (χ3v) is 4.91. The van der Waals surface area contributed by atoms with E-state index in [1.165, 1.54) is 0 Å². The molecule has 2 rings (SSSR count). The van der Waals surface area contributed by atoms with E-state index in [0.29, 0.717) is 29.9 Å². The maximum atomic E-state index is 14.2. The van der Waals surface area contributed by atoms with E-state index in [2.05, 4.69) is 20.8 Å². The quantitative estimate of drug-likeness (QED) is 0.795. The Morgan fingerprint density at radius 3 is 2.15 bits per heavy atom. The lowest BCUT2D eigenvalue weighted by atomic mass is 9.66. The van der Waals surface area contributed by atoms with Crippen molar-refractivity contribution < 1.29 is 8.78 Å². The van der Waals surface area contributed by atoms with Crippen LogP contribution >= 0.6 is 0 Å². The van der Waals surface area contributed by atoms with Crippen LogP contribution in [0.25, 0.3) is 0 Å². The first-order chi connectivity index (χ1) is 9.15. The molecule has 0 aliphatic heterocycles.